The van der Waals surface area contributed by atoms with Gasteiger partial charge in [-0.3, -0.25) is 9.78 Å². The predicted molar refractivity (Wildman–Crippen MR) is 107 cm³/mol. The zero-order valence-corrected chi connectivity index (χ0v) is 16.9. The van der Waals surface area contributed by atoms with Crippen molar-refractivity contribution in [1.29, 1.82) is 0 Å². The highest BCUT2D eigenvalue weighted by Gasteiger charge is 2.30. The second-order valence-electron chi connectivity index (χ2n) is 8.35. The number of halogens is 2. The fraction of sp³-hybridized carbons (Fsp3) is 0.455. The number of aromatic nitrogens is 1. The van der Waals surface area contributed by atoms with Crippen molar-refractivity contribution in [2.75, 3.05) is 18.0 Å². The summed E-state index contributed by atoms with van der Waals surface area (Å²) in [6.07, 6.45) is 1.58. The average Bonchev–Trinajstić information content (AvgIpc) is 2.65. The number of hydrogen-bond acceptors (Lipinski definition) is 4. The first-order valence-corrected chi connectivity index (χ1v) is 9.68. The summed E-state index contributed by atoms with van der Waals surface area (Å²) >= 11 is 0. The van der Waals surface area contributed by atoms with Crippen molar-refractivity contribution in [3.05, 3.63) is 46.8 Å². The number of piperidine rings is 1. The smallest absolute Gasteiger partial charge is 0.307 e. The van der Waals surface area contributed by atoms with E-state index in [1.165, 1.54) is 6.07 Å². The zero-order chi connectivity index (χ0) is 21.3. The highest BCUT2D eigenvalue weighted by molar-refractivity contribution is 5.86. The lowest BCUT2D eigenvalue weighted by Gasteiger charge is -2.40. The quantitative estimate of drug-likeness (QED) is 0.786. The van der Waals surface area contributed by atoms with Crippen molar-refractivity contribution in [3.63, 3.8) is 0 Å². The van der Waals surface area contributed by atoms with E-state index in [9.17, 15) is 23.8 Å². The standard InChI is InChI=1S/C22H26F2N2O3/c1-13-15(11-19(28)29)21(26-8-6-22(2,3)7-9-26)20(18(12-27)25-13)14-4-5-16(23)17(24)10-14/h4-5,10,27H,6-9,11-12H2,1-3H3,(H,28,29). The van der Waals surface area contributed by atoms with Gasteiger partial charge in [0.25, 0.3) is 0 Å². The van der Waals surface area contributed by atoms with Gasteiger partial charge in [-0.2, -0.15) is 0 Å². The molecular formula is C22H26F2N2O3. The number of rotatable bonds is 5. The van der Waals surface area contributed by atoms with Crippen molar-refractivity contribution in [3.8, 4) is 11.1 Å². The number of aliphatic hydroxyl groups is 1. The molecule has 1 aromatic heterocycles. The van der Waals surface area contributed by atoms with Crippen LogP contribution in [-0.4, -0.2) is 34.3 Å². The number of carbonyl (C=O) groups is 1. The molecule has 2 aromatic rings. The van der Waals surface area contributed by atoms with Gasteiger partial charge in [0.15, 0.2) is 11.6 Å². The monoisotopic (exact) mass is 404 g/mol. The largest absolute Gasteiger partial charge is 0.481 e. The zero-order valence-electron chi connectivity index (χ0n) is 16.9. The summed E-state index contributed by atoms with van der Waals surface area (Å²) in [5.41, 5.74) is 3.03. The topological polar surface area (TPSA) is 73.7 Å². The van der Waals surface area contributed by atoms with Crippen LogP contribution >= 0.6 is 0 Å². The Hall–Kier alpha value is -2.54. The maximum atomic E-state index is 14.0. The van der Waals surface area contributed by atoms with Crippen LogP contribution in [0.4, 0.5) is 14.5 Å². The maximum Gasteiger partial charge on any atom is 0.307 e. The fourth-order valence-corrected chi connectivity index (χ4v) is 3.90. The molecule has 0 unspecified atom stereocenters. The van der Waals surface area contributed by atoms with Crippen molar-refractivity contribution >= 4 is 11.7 Å². The highest BCUT2D eigenvalue weighted by atomic mass is 19.2. The van der Waals surface area contributed by atoms with Crippen LogP contribution in [0.5, 0.6) is 0 Å². The molecule has 0 aliphatic carbocycles. The number of carboxylic acids is 1. The van der Waals surface area contributed by atoms with Crippen molar-refractivity contribution < 1.29 is 23.8 Å². The Morgan fingerprint density at radius 2 is 1.86 bits per heavy atom. The number of aliphatic hydroxyl groups excluding tert-OH is 1. The molecular weight excluding hydrogens is 378 g/mol. The molecule has 29 heavy (non-hydrogen) atoms. The molecule has 1 aromatic carbocycles. The Kier molecular flexibility index (Phi) is 5.89. The molecule has 1 aliphatic heterocycles. The van der Waals surface area contributed by atoms with Gasteiger partial charge >= 0.3 is 5.97 Å². The second kappa shape index (κ2) is 8.06. The molecule has 1 fully saturated rings. The number of aryl methyl sites for hydroxylation is 1. The van der Waals surface area contributed by atoms with E-state index < -0.39 is 24.2 Å². The summed E-state index contributed by atoms with van der Waals surface area (Å²) in [5.74, 6) is -2.97. The molecule has 0 spiro atoms. The molecule has 5 nitrogen and oxygen atoms in total. The Bertz CT molecular complexity index is 934. The summed E-state index contributed by atoms with van der Waals surface area (Å²) in [4.78, 5) is 18.0. The summed E-state index contributed by atoms with van der Waals surface area (Å²) in [5, 5.41) is 19.4. The van der Waals surface area contributed by atoms with Crippen LogP contribution in [0.3, 0.4) is 0 Å². The van der Waals surface area contributed by atoms with Crippen LogP contribution in [-0.2, 0) is 17.8 Å². The number of aliphatic carboxylic acids is 1. The van der Waals surface area contributed by atoms with E-state index in [4.69, 9.17) is 0 Å². The molecule has 7 heteroatoms. The van der Waals surface area contributed by atoms with Crippen LogP contribution in [0.15, 0.2) is 18.2 Å². The normalized spacial score (nSPS) is 16.1. The van der Waals surface area contributed by atoms with Crippen molar-refractivity contribution in [2.24, 2.45) is 5.41 Å². The van der Waals surface area contributed by atoms with Gasteiger partial charge in [0.2, 0.25) is 0 Å². The first-order chi connectivity index (χ1) is 13.6. The van der Waals surface area contributed by atoms with E-state index in [1.807, 2.05) is 0 Å². The first-order valence-electron chi connectivity index (χ1n) is 9.68. The van der Waals surface area contributed by atoms with Gasteiger partial charge in [0.05, 0.1) is 24.4 Å². The average molecular weight is 404 g/mol. The Morgan fingerprint density at radius 3 is 2.41 bits per heavy atom. The first kappa shape index (κ1) is 21.2. The number of carboxylic acid groups (broad SMARTS) is 1. The molecule has 0 bridgehead atoms. The molecule has 1 aliphatic rings. The van der Waals surface area contributed by atoms with Crippen LogP contribution < -0.4 is 4.90 Å². The van der Waals surface area contributed by atoms with Gasteiger partial charge in [-0.1, -0.05) is 19.9 Å². The molecule has 2 heterocycles. The van der Waals surface area contributed by atoms with Gasteiger partial charge in [-0.25, -0.2) is 8.78 Å². The van der Waals surface area contributed by atoms with E-state index in [0.29, 0.717) is 46.9 Å². The second-order valence-corrected chi connectivity index (χ2v) is 8.35. The molecule has 1 saturated heterocycles. The van der Waals surface area contributed by atoms with Gasteiger partial charge < -0.3 is 15.1 Å². The lowest BCUT2D eigenvalue weighted by molar-refractivity contribution is -0.136. The third kappa shape index (κ3) is 4.40. The number of hydrogen-bond donors (Lipinski definition) is 2. The summed E-state index contributed by atoms with van der Waals surface area (Å²) in [6, 6.07) is 3.54. The van der Waals surface area contributed by atoms with E-state index in [0.717, 1.165) is 25.0 Å². The number of benzene rings is 1. The molecule has 0 atom stereocenters. The van der Waals surface area contributed by atoms with Crippen molar-refractivity contribution in [2.45, 2.75) is 46.6 Å². The SMILES string of the molecule is Cc1nc(CO)c(-c2ccc(F)c(F)c2)c(N2CCC(C)(C)CC2)c1CC(=O)O. The van der Waals surface area contributed by atoms with Crippen molar-refractivity contribution in [1.82, 2.24) is 4.98 Å². The van der Waals surface area contributed by atoms with E-state index >= 15 is 0 Å². The van der Waals surface area contributed by atoms with Crippen LogP contribution in [0, 0.1) is 24.0 Å². The number of nitrogens with zero attached hydrogens (tertiary/aromatic N) is 2. The molecule has 0 amide bonds. The molecule has 3 rings (SSSR count). The van der Waals surface area contributed by atoms with Gasteiger partial charge in [-0.05, 0) is 42.9 Å². The van der Waals surface area contributed by atoms with Gasteiger partial charge in [0, 0.05) is 29.9 Å². The van der Waals surface area contributed by atoms with Crippen LogP contribution in [0.25, 0.3) is 11.1 Å². The Morgan fingerprint density at radius 1 is 1.21 bits per heavy atom. The maximum absolute atomic E-state index is 14.0. The lowest BCUT2D eigenvalue weighted by Crippen LogP contribution is -2.38. The van der Waals surface area contributed by atoms with E-state index in [1.54, 1.807) is 6.92 Å². The minimum absolute atomic E-state index is 0.174. The Balaban J connectivity index is 2.26. The molecule has 156 valence electrons. The molecule has 2 N–H and O–H groups in total. The van der Waals surface area contributed by atoms with Crippen LogP contribution in [0.1, 0.15) is 43.6 Å². The Labute approximate surface area is 169 Å². The predicted octanol–water partition coefficient (Wildman–Crippen LogP) is 4.08. The van der Waals surface area contributed by atoms with Gasteiger partial charge in [-0.15, -0.1) is 0 Å². The van der Waals surface area contributed by atoms with E-state index in [-0.39, 0.29) is 11.8 Å². The molecule has 0 saturated carbocycles. The highest BCUT2D eigenvalue weighted by Crippen LogP contribution is 2.41. The van der Waals surface area contributed by atoms with E-state index in [2.05, 4.69) is 23.7 Å². The van der Waals surface area contributed by atoms with Gasteiger partial charge in [0.1, 0.15) is 0 Å². The minimum atomic E-state index is -1.00. The molecule has 0 radical (unpaired) electrons. The third-order valence-electron chi connectivity index (χ3n) is 5.67. The summed E-state index contributed by atoms with van der Waals surface area (Å²) < 4.78 is 27.5. The number of pyridine rings is 1. The number of anilines is 1. The lowest BCUT2D eigenvalue weighted by atomic mass is 9.82. The summed E-state index contributed by atoms with van der Waals surface area (Å²) in [6.45, 7) is 7.10. The summed E-state index contributed by atoms with van der Waals surface area (Å²) in [7, 11) is 0. The third-order valence-corrected chi connectivity index (χ3v) is 5.67. The minimum Gasteiger partial charge on any atom is -0.481 e. The fourth-order valence-electron chi connectivity index (χ4n) is 3.90. The van der Waals surface area contributed by atoms with Crippen LogP contribution in [0.2, 0.25) is 0 Å².